The lowest BCUT2D eigenvalue weighted by Crippen LogP contribution is -2.44. The number of hydrogen-bond donors (Lipinski definition) is 2. The van der Waals surface area contributed by atoms with Crippen molar-refractivity contribution in [1.29, 1.82) is 0 Å². The second-order valence-electron chi connectivity index (χ2n) is 9.76. The van der Waals surface area contributed by atoms with E-state index in [4.69, 9.17) is 9.40 Å². The first-order valence-corrected chi connectivity index (χ1v) is 13.0. The molecule has 7 nitrogen and oxygen atoms in total. The molecule has 38 heavy (non-hydrogen) atoms. The minimum Gasteiger partial charge on any atom is -0.440 e. The Labute approximate surface area is 220 Å². The molecule has 0 saturated carbocycles. The SMILES string of the molecule is CN1CCN(c2ccc(-c3cc4c(-c5oc(CCCO)nc5-c5ccc(F)cc5)ccnc4[nH]3)cc2)CC1. The van der Waals surface area contributed by atoms with Crippen LogP contribution in [-0.2, 0) is 6.42 Å². The van der Waals surface area contributed by atoms with Crippen LogP contribution in [0.2, 0.25) is 0 Å². The molecule has 0 bridgehead atoms. The molecular weight excluding hydrogens is 481 g/mol. The van der Waals surface area contributed by atoms with E-state index < -0.39 is 0 Å². The first-order chi connectivity index (χ1) is 18.6. The molecule has 1 saturated heterocycles. The minimum absolute atomic E-state index is 0.0534. The Balaban J connectivity index is 1.37. The highest BCUT2D eigenvalue weighted by Gasteiger charge is 2.21. The fraction of sp³-hybridized carbons (Fsp3) is 0.267. The number of H-pyrrole nitrogens is 1. The molecule has 0 unspecified atom stereocenters. The maximum atomic E-state index is 13.6. The summed E-state index contributed by atoms with van der Waals surface area (Å²) in [6.45, 7) is 4.26. The lowest BCUT2D eigenvalue weighted by atomic mass is 10.0. The molecule has 0 amide bonds. The molecule has 194 valence electrons. The molecule has 0 aliphatic carbocycles. The number of aliphatic hydroxyl groups excluding tert-OH is 1. The van der Waals surface area contributed by atoms with Crippen molar-refractivity contribution in [1.82, 2.24) is 19.9 Å². The van der Waals surface area contributed by atoms with Crippen LogP contribution < -0.4 is 4.90 Å². The number of aliphatic hydroxyl groups is 1. The number of aryl methyl sites for hydroxylation is 1. The van der Waals surface area contributed by atoms with Gasteiger partial charge in [-0.1, -0.05) is 12.1 Å². The summed E-state index contributed by atoms with van der Waals surface area (Å²) < 4.78 is 19.9. The van der Waals surface area contributed by atoms with Gasteiger partial charge in [0.2, 0.25) is 0 Å². The quantitative estimate of drug-likeness (QED) is 0.306. The second kappa shape index (κ2) is 10.4. The van der Waals surface area contributed by atoms with Gasteiger partial charge in [-0.15, -0.1) is 0 Å². The molecule has 1 aliphatic heterocycles. The number of hydrogen-bond acceptors (Lipinski definition) is 6. The van der Waals surface area contributed by atoms with E-state index in [1.165, 1.54) is 17.8 Å². The van der Waals surface area contributed by atoms with Gasteiger partial charge in [-0.05, 0) is 67.6 Å². The number of aromatic amines is 1. The Morgan fingerprint density at radius 2 is 1.71 bits per heavy atom. The number of nitrogens with one attached hydrogen (secondary N) is 1. The highest BCUT2D eigenvalue weighted by atomic mass is 19.1. The van der Waals surface area contributed by atoms with E-state index in [2.05, 4.69) is 57.1 Å². The average Bonchev–Trinajstić information content (AvgIpc) is 3.58. The zero-order chi connectivity index (χ0) is 26.1. The van der Waals surface area contributed by atoms with Crippen molar-refractivity contribution in [2.75, 3.05) is 44.7 Å². The number of likely N-dealkylation sites (N-methyl/N-ethyl adjacent to an activating group) is 1. The van der Waals surface area contributed by atoms with E-state index in [9.17, 15) is 9.50 Å². The average molecular weight is 512 g/mol. The molecule has 8 heteroatoms. The zero-order valence-corrected chi connectivity index (χ0v) is 21.3. The van der Waals surface area contributed by atoms with Crippen molar-refractivity contribution in [3.63, 3.8) is 0 Å². The minimum atomic E-state index is -0.306. The topological polar surface area (TPSA) is 81.4 Å². The number of pyridine rings is 1. The van der Waals surface area contributed by atoms with Gasteiger partial charge in [-0.3, -0.25) is 0 Å². The van der Waals surface area contributed by atoms with Crippen molar-refractivity contribution in [2.45, 2.75) is 12.8 Å². The number of halogens is 1. The van der Waals surface area contributed by atoms with Gasteiger partial charge in [0.1, 0.15) is 17.2 Å². The molecule has 1 aliphatic rings. The summed E-state index contributed by atoms with van der Waals surface area (Å²) in [5.41, 5.74) is 6.29. The van der Waals surface area contributed by atoms with Crippen molar-refractivity contribution in [3.8, 4) is 33.8 Å². The number of piperazine rings is 1. The number of oxazole rings is 1. The second-order valence-corrected chi connectivity index (χ2v) is 9.76. The lowest BCUT2D eigenvalue weighted by molar-refractivity contribution is 0.283. The maximum Gasteiger partial charge on any atom is 0.195 e. The van der Waals surface area contributed by atoms with Crippen LogP contribution in [0.15, 0.2) is 71.3 Å². The Kier molecular flexibility index (Phi) is 6.66. The largest absolute Gasteiger partial charge is 0.440 e. The molecule has 3 aromatic heterocycles. The summed E-state index contributed by atoms with van der Waals surface area (Å²) in [6, 6.07) is 18.9. The highest BCUT2D eigenvalue weighted by molar-refractivity contribution is 5.97. The number of rotatable bonds is 7. The molecule has 2 N–H and O–H groups in total. The van der Waals surface area contributed by atoms with Gasteiger partial charge in [-0.25, -0.2) is 14.4 Å². The summed E-state index contributed by atoms with van der Waals surface area (Å²) in [5, 5.41) is 10.2. The fourth-order valence-electron chi connectivity index (χ4n) is 4.98. The molecule has 1 fully saturated rings. The first-order valence-electron chi connectivity index (χ1n) is 13.0. The number of fused-ring (bicyclic) bond motifs is 1. The van der Waals surface area contributed by atoms with Crippen LogP contribution in [0.3, 0.4) is 0 Å². The van der Waals surface area contributed by atoms with Crippen molar-refractivity contribution < 1.29 is 13.9 Å². The van der Waals surface area contributed by atoms with Gasteiger partial charge in [0.25, 0.3) is 0 Å². The molecule has 6 rings (SSSR count). The van der Waals surface area contributed by atoms with E-state index in [-0.39, 0.29) is 12.4 Å². The van der Waals surface area contributed by atoms with Gasteiger partial charge < -0.3 is 24.3 Å². The van der Waals surface area contributed by atoms with Crippen LogP contribution in [0.25, 0.3) is 44.9 Å². The smallest absolute Gasteiger partial charge is 0.195 e. The number of nitrogens with zero attached hydrogens (tertiary/aromatic N) is 4. The third-order valence-corrected chi connectivity index (χ3v) is 7.16. The molecule has 0 spiro atoms. The normalized spacial score (nSPS) is 14.4. The summed E-state index contributed by atoms with van der Waals surface area (Å²) in [4.78, 5) is 17.5. The maximum absolute atomic E-state index is 13.6. The van der Waals surface area contributed by atoms with E-state index in [0.29, 0.717) is 30.2 Å². The van der Waals surface area contributed by atoms with Crippen LogP contribution in [0, 0.1) is 5.82 Å². The molecule has 0 radical (unpaired) electrons. The third-order valence-electron chi connectivity index (χ3n) is 7.16. The fourth-order valence-corrected chi connectivity index (χ4v) is 4.98. The van der Waals surface area contributed by atoms with E-state index in [1.54, 1.807) is 18.3 Å². The van der Waals surface area contributed by atoms with E-state index in [1.807, 2.05) is 6.07 Å². The molecule has 2 aromatic carbocycles. The third kappa shape index (κ3) is 4.80. The van der Waals surface area contributed by atoms with Crippen LogP contribution in [0.1, 0.15) is 12.3 Å². The summed E-state index contributed by atoms with van der Waals surface area (Å²) in [7, 11) is 2.16. The van der Waals surface area contributed by atoms with Crippen molar-refractivity contribution in [3.05, 3.63) is 78.6 Å². The highest BCUT2D eigenvalue weighted by Crippen LogP contribution is 2.38. The molecule has 5 aromatic rings. The zero-order valence-electron chi connectivity index (χ0n) is 21.3. The van der Waals surface area contributed by atoms with Gasteiger partial charge >= 0.3 is 0 Å². The Hall–Kier alpha value is -4.01. The van der Waals surface area contributed by atoms with Crippen molar-refractivity contribution in [2.24, 2.45) is 0 Å². The Morgan fingerprint density at radius 1 is 0.974 bits per heavy atom. The summed E-state index contributed by atoms with van der Waals surface area (Å²) in [5.74, 6) is 0.834. The van der Waals surface area contributed by atoms with Gasteiger partial charge in [-0.2, -0.15) is 0 Å². The van der Waals surface area contributed by atoms with Crippen LogP contribution in [0.5, 0.6) is 0 Å². The Bertz CT molecular complexity index is 1530. The van der Waals surface area contributed by atoms with Crippen LogP contribution in [-0.4, -0.2) is 64.8 Å². The van der Waals surface area contributed by atoms with E-state index >= 15 is 0 Å². The predicted molar refractivity (Wildman–Crippen MR) is 148 cm³/mol. The van der Waals surface area contributed by atoms with Gasteiger partial charge in [0.15, 0.2) is 11.7 Å². The van der Waals surface area contributed by atoms with Crippen molar-refractivity contribution >= 4 is 16.7 Å². The number of anilines is 1. The van der Waals surface area contributed by atoms with Crippen LogP contribution >= 0.6 is 0 Å². The lowest BCUT2D eigenvalue weighted by Gasteiger charge is -2.34. The molecule has 0 atom stereocenters. The van der Waals surface area contributed by atoms with Crippen LogP contribution in [0.4, 0.5) is 10.1 Å². The summed E-state index contributed by atoms with van der Waals surface area (Å²) >= 11 is 0. The standard InChI is InChI=1S/C30H30FN5O2/c1-35-14-16-36(17-15-35)23-10-6-20(7-11-23)26-19-25-24(12-13-32-30(25)33-26)29-28(21-4-8-22(31)9-5-21)34-27(38-29)3-2-18-37/h4-13,19,37H,2-3,14-18H2,1H3,(H,32,33). The monoisotopic (exact) mass is 511 g/mol. The first kappa shape index (κ1) is 24.3. The number of benzene rings is 2. The predicted octanol–water partition coefficient (Wildman–Crippen LogP) is 5.37. The molecule has 4 heterocycles. The van der Waals surface area contributed by atoms with E-state index in [0.717, 1.165) is 59.6 Å². The number of aromatic nitrogens is 3. The van der Waals surface area contributed by atoms with Gasteiger partial charge in [0, 0.05) is 73.3 Å². The van der Waals surface area contributed by atoms with Gasteiger partial charge in [0.05, 0.1) is 0 Å². The summed E-state index contributed by atoms with van der Waals surface area (Å²) in [6.07, 6.45) is 2.81. The molecular formula is C30H30FN5O2. The Morgan fingerprint density at radius 3 is 2.45 bits per heavy atom.